The molecule has 0 fully saturated rings. The maximum atomic E-state index is 15.1. The second-order valence-corrected chi connectivity index (χ2v) is 8.15. The number of para-hydroxylation sites is 1. The molecule has 8 nitrogen and oxygen atoms in total. The average Bonchev–Trinajstić information content (AvgIpc) is 2.87. The van der Waals surface area contributed by atoms with E-state index in [9.17, 15) is 9.90 Å². The van der Waals surface area contributed by atoms with Gasteiger partial charge in [-0.2, -0.15) is 0 Å². The van der Waals surface area contributed by atoms with E-state index in [1.807, 2.05) is 19.1 Å². The van der Waals surface area contributed by atoms with Crippen molar-refractivity contribution in [1.82, 2.24) is 9.97 Å². The number of nitrogens with one attached hydrogen (secondary N) is 1. The van der Waals surface area contributed by atoms with Crippen molar-refractivity contribution >= 4 is 28.4 Å². The van der Waals surface area contributed by atoms with Gasteiger partial charge in [-0.25, -0.2) is 19.2 Å². The van der Waals surface area contributed by atoms with E-state index in [4.69, 9.17) is 9.47 Å². The molecule has 0 radical (unpaired) electrons. The number of rotatable bonds is 5. The van der Waals surface area contributed by atoms with Gasteiger partial charge in [0, 0.05) is 41.0 Å². The van der Waals surface area contributed by atoms with Crippen molar-refractivity contribution < 1.29 is 23.8 Å². The fourth-order valence-electron chi connectivity index (χ4n) is 4.25. The third kappa shape index (κ3) is 4.16. The van der Waals surface area contributed by atoms with Crippen LogP contribution in [0.5, 0.6) is 11.6 Å². The molecule has 1 aliphatic heterocycles. The summed E-state index contributed by atoms with van der Waals surface area (Å²) < 4.78 is 26.1. The van der Waals surface area contributed by atoms with Gasteiger partial charge in [0.25, 0.3) is 0 Å². The van der Waals surface area contributed by atoms with Crippen molar-refractivity contribution in [3.8, 4) is 22.8 Å². The maximum absolute atomic E-state index is 15.1. The minimum absolute atomic E-state index is 0.0470. The van der Waals surface area contributed by atoms with Gasteiger partial charge in [0.1, 0.15) is 29.7 Å². The van der Waals surface area contributed by atoms with Gasteiger partial charge in [0.05, 0.1) is 13.7 Å². The van der Waals surface area contributed by atoms with Crippen LogP contribution in [0.25, 0.3) is 21.9 Å². The Kier molecular flexibility index (Phi) is 5.82. The molecular weight excluding hydrogens is 451 g/mol. The molecule has 35 heavy (non-hydrogen) atoms. The molecular formula is C26H23FN4O4. The molecule has 2 N–H and O–H groups in total. The summed E-state index contributed by atoms with van der Waals surface area (Å²) in [4.78, 5) is 21.9. The van der Waals surface area contributed by atoms with Gasteiger partial charge in [-0.05, 0) is 42.1 Å². The molecule has 0 bridgehead atoms. The highest BCUT2D eigenvalue weighted by Gasteiger charge is 2.21. The minimum Gasteiger partial charge on any atom is -0.496 e. The van der Waals surface area contributed by atoms with Crippen molar-refractivity contribution in [2.24, 2.45) is 0 Å². The summed E-state index contributed by atoms with van der Waals surface area (Å²) in [7, 11) is 1.54. The molecule has 1 amide bonds. The number of fused-ring (bicyclic) bond motifs is 2. The van der Waals surface area contributed by atoms with Gasteiger partial charge in [0.2, 0.25) is 5.88 Å². The Balaban J connectivity index is 1.57. The van der Waals surface area contributed by atoms with E-state index in [1.54, 1.807) is 30.5 Å². The summed E-state index contributed by atoms with van der Waals surface area (Å²) in [6, 6.07) is 11.9. The zero-order chi connectivity index (χ0) is 24.5. The molecule has 0 aliphatic carbocycles. The second-order valence-electron chi connectivity index (χ2n) is 8.15. The summed E-state index contributed by atoms with van der Waals surface area (Å²) >= 11 is 0. The largest absolute Gasteiger partial charge is 0.496 e. The highest BCUT2D eigenvalue weighted by molar-refractivity contribution is 5.93. The average molecular weight is 474 g/mol. The summed E-state index contributed by atoms with van der Waals surface area (Å²) in [5, 5.41) is 14.4. The molecule has 1 aliphatic rings. The zero-order valence-corrected chi connectivity index (χ0v) is 19.2. The van der Waals surface area contributed by atoms with Crippen molar-refractivity contribution in [2.45, 2.75) is 13.5 Å². The minimum atomic E-state index is -1.16. The number of hydrogen-bond acceptors (Lipinski definition) is 6. The summed E-state index contributed by atoms with van der Waals surface area (Å²) in [5.41, 5.74) is 3.26. The van der Waals surface area contributed by atoms with Gasteiger partial charge in [0.15, 0.2) is 0 Å². The molecule has 2 aromatic heterocycles. The van der Waals surface area contributed by atoms with Gasteiger partial charge in [-0.1, -0.05) is 18.2 Å². The van der Waals surface area contributed by atoms with E-state index in [0.29, 0.717) is 52.2 Å². The number of pyridine rings is 2. The number of aromatic nitrogens is 2. The molecule has 2 aromatic carbocycles. The molecule has 5 rings (SSSR count). The molecule has 0 spiro atoms. The lowest BCUT2D eigenvalue weighted by Gasteiger charge is -2.22. The molecule has 4 aromatic rings. The van der Waals surface area contributed by atoms with Crippen LogP contribution in [-0.2, 0) is 6.54 Å². The SMILES string of the molecule is COc1ccccc1CN(C(=O)O)c1cc2cc(-c3cnc4c(c3C)NCCO4)c(F)cc2cn1. The normalized spacial score (nSPS) is 12.4. The van der Waals surface area contributed by atoms with Gasteiger partial charge in [-0.15, -0.1) is 0 Å². The number of amides is 1. The zero-order valence-electron chi connectivity index (χ0n) is 19.2. The van der Waals surface area contributed by atoms with Crippen LogP contribution in [0.1, 0.15) is 11.1 Å². The van der Waals surface area contributed by atoms with E-state index in [-0.39, 0.29) is 12.4 Å². The Labute approximate surface area is 201 Å². The number of halogens is 1. The van der Waals surface area contributed by atoms with Gasteiger partial charge < -0.3 is 19.9 Å². The predicted molar refractivity (Wildman–Crippen MR) is 131 cm³/mol. The first-order valence-electron chi connectivity index (χ1n) is 11.0. The van der Waals surface area contributed by atoms with Gasteiger partial charge in [-0.3, -0.25) is 4.90 Å². The Hall–Kier alpha value is -4.40. The van der Waals surface area contributed by atoms with E-state index < -0.39 is 11.9 Å². The van der Waals surface area contributed by atoms with Crippen molar-refractivity contribution in [3.63, 3.8) is 0 Å². The quantitative estimate of drug-likeness (QED) is 0.408. The summed E-state index contributed by atoms with van der Waals surface area (Å²) in [5.74, 6) is 0.886. The van der Waals surface area contributed by atoms with Crippen molar-refractivity contribution in [3.05, 3.63) is 71.8 Å². The predicted octanol–water partition coefficient (Wildman–Crippen LogP) is 5.24. The van der Waals surface area contributed by atoms with Crippen molar-refractivity contribution in [1.29, 1.82) is 0 Å². The van der Waals surface area contributed by atoms with Crippen molar-refractivity contribution in [2.75, 3.05) is 30.5 Å². The lowest BCUT2D eigenvalue weighted by Crippen LogP contribution is -2.29. The first-order valence-corrected chi connectivity index (χ1v) is 11.0. The highest BCUT2D eigenvalue weighted by atomic mass is 19.1. The van der Waals surface area contributed by atoms with Crippen LogP contribution in [0.2, 0.25) is 0 Å². The van der Waals surface area contributed by atoms with Crippen LogP contribution >= 0.6 is 0 Å². The van der Waals surface area contributed by atoms with Gasteiger partial charge >= 0.3 is 6.09 Å². The number of ether oxygens (including phenoxy) is 2. The number of nitrogens with zero attached hydrogens (tertiary/aromatic N) is 3. The monoisotopic (exact) mass is 474 g/mol. The number of carbonyl (C=O) groups is 1. The molecule has 178 valence electrons. The molecule has 0 unspecified atom stereocenters. The molecule has 0 saturated heterocycles. The number of anilines is 2. The third-order valence-electron chi connectivity index (χ3n) is 6.06. The first kappa shape index (κ1) is 22.4. The van der Waals surface area contributed by atoms with Crippen LogP contribution in [-0.4, -0.2) is 41.4 Å². The van der Waals surface area contributed by atoms with Crippen LogP contribution in [0.3, 0.4) is 0 Å². The van der Waals surface area contributed by atoms with E-state index in [2.05, 4.69) is 15.3 Å². The molecule has 9 heteroatoms. The molecule has 3 heterocycles. The number of benzene rings is 2. The van der Waals surface area contributed by atoms with E-state index in [0.717, 1.165) is 16.2 Å². The fraction of sp³-hybridized carbons (Fsp3) is 0.192. The lowest BCUT2D eigenvalue weighted by molar-refractivity contribution is 0.201. The standard InChI is InChI=1S/C26H23FN4O4/c1-15-20(13-30-25-24(15)28-7-8-35-25)19-9-17-11-23(29-12-18(17)10-21(19)27)31(26(32)33)14-16-5-3-4-6-22(16)34-2/h3-6,9-13,28H,7-8,14H2,1-2H3,(H,32,33). The Bertz CT molecular complexity index is 1440. The van der Waals surface area contributed by atoms with E-state index >= 15 is 4.39 Å². The number of carboxylic acid groups (broad SMARTS) is 1. The van der Waals surface area contributed by atoms with Crippen LogP contribution in [0, 0.1) is 12.7 Å². The number of methoxy groups -OCH3 is 1. The van der Waals surface area contributed by atoms with Crippen LogP contribution in [0.4, 0.5) is 20.7 Å². The Morgan fingerprint density at radius 3 is 2.80 bits per heavy atom. The second kappa shape index (κ2) is 9.09. The topological polar surface area (TPSA) is 96.8 Å². The van der Waals surface area contributed by atoms with Crippen LogP contribution in [0.15, 0.2) is 54.9 Å². The Morgan fingerprint density at radius 1 is 1.17 bits per heavy atom. The summed E-state index contributed by atoms with van der Waals surface area (Å²) in [6.45, 7) is 3.10. The van der Waals surface area contributed by atoms with Crippen LogP contribution < -0.4 is 19.7 Å². The number of hydrogen-bond donors (Lipinski definition) is 2. The van der Waals surface area contributed by atoms with E-state index in [1.165, 1.54) is 19.4 Å². The summed E-state index contributed by atoms with van der Waals surface area (Å²) in [6.07, 6.45) is 1.91. The molecule has 0 saturated carbocycles. The molecule has 0 atom stereocenters. The highest BCUT2D eigenvalue weighted by Crippen LogP contribution is 2.37. The maximum Gasteiger partial charge on any atom is 0.413 e. The lowest BCUT2D eigenvalue weighted by atomic mass is 9.98. The first-order chi connectivity index (χ1) is 17.0. The fourth-order valence-corrected chi connectivity index (χ4v) is 4.25. The smallest absolute Gasteiger partial charge is 0.413 e. The third-order valence-corrected chi connectivity index (χ3v) is 6.06. The Morgan fingerprint density at radius 2 is 2.00 bits per heavy atom.